The van der Waals surface area contributed by atoms with Crippen molar-refractivity contribution in [3.63, 3.8) is 0 Å². The van der Waals surface area contributed by atoms with E-state index in [-0.39, 0.29) is 61.4 Å². The van der Waals surface area contributed by atoms with Crippen molar-refractivity contribution >= 4 is 45.9 Å². The molecular weight excluding hydrogens is 526 g/mol. The van der Waals surface area contributed by atoms with Gasteiger partial charge in [0.15, 0.2) is 5.96 Å². The number of aliphatic imine (C=N–C) groups is 1. The minimum Gasteiger partial charge on any atom is -0.357 e. The van der Waals surface area contributed by atoms with Crippen molar-refractivity contribution in [3.05, 3.63) is 0 Å². The van der Waals surface area contributed by atoms with E-state index in [9.17, 15) is 26.4 Å². The van der Waals surface area contributed by atoms with Crippen molar-refractivity contribution in [3.8, 4) is 0 Å². The Morgan fingerprint density at radius 3 is 2.28 bits per heavy atom. The molecule has 1 saturated heterocycles. The summed E-state index contributed by atoms with van der Waals surface area (Å²) < 4.78 is 61.1. The lowest BCUT2D eigenvalue weighted by molar-refractivity contribution is -0.121. The number of amides is 1. The van der Waals surface area contributed by atoms with E-state index in [1.165, 1.54) is 0 Å². The quantitative estimate of drug-likeness (QED) is 0.239. The molecule has 1 aliphatic rings. The molecule has 0 aliphatic carbocycles. The van der Waals surface area contributed by atoms with Gasteiger partial charge in [-0.15, -0.1) is 24.0 Å². The third kappa shape index (κ3) is 9.68. The zero-order chi connectivity index (χ0) is 21.4. The number of carbonyl (C=O) groups is 1. The van der Waals surface area contributed by atoms with Crippen molar-refractivity contribution in [1.29, 1.82) is 0 Å². The number of guanidine groups is 1. The average molecular weight is 557 g/mol. The molecule has 0 aromatic rings. The number of rotatable bonds is 8. The average Bonchev–Trinajstić information content (AvgIpc) is 2.58. The first kappa shape index (κ1) is 28.2. The van der Waals surface area contributed by atoms with Crippen LogP contribution in [0.2, 0.25) is 0 Å². The van der Waals surface area contributed by atoms with Gasteiger partial charge in [0.05, 0.1) is 0 Å². The summed E-state index contributed by atoms with van der Waals surface area (Å²) in [6.45, 7) is 6.70. The smallest absolute Gasteiger partial charge is 0.357 e. The highest BCUT2D eigenvalue weighted by molar-refractivity contribution is 14.0. The molecule has 1 fully saturated rings. The lowest BCUT2D eigenvalue weighted by Gasteiger charge is -2.30. The monoisotopic (exact) mass is 557 g/mol. The van der Waals surface area contributed by atoms with Gasteiger partial charge in [-0.3, -0.25) is 9.79 Å². The molecular formula is C16H31F3IN5O3S. The van der Waals surface area contributed by atoms with Gasteiger partial charge in [-0.05, 0) is 39.5 Å². The summed E-state index contributed by atoms with van der Waals surface area (Å²) in [4.78, 5) is 16.0. The minimum atomic E-state index is -5.26. The molecule has 172 valence electrons. The standard InChI is InChI=1S/C16H30F3N5O3S.HI/c1-4-20-15(21-8-5-14(25)23-12(2)3)22-11-13-6-9-24(10-7-13)28(26,27)16(17,18)19;/h12-13H,4-11H2,1-3H3,(H,23,25)(H2,20,21,22);1H. The maximum atomic E-state index is 12.6. The molecule has 0 atom stereocenters. The molecule has 1 amide bonds. The normalized spacial score (nSPS) is 17.0. The maximum Gasteiger partial charge on any atom is 0.511 e. The fourth-order valence-electron chi connectivity index (χ4n) is 2.73. The summed E-state index contributed by atoms with van der Waals surface area (Å²) in [5.41, 5.74) is -5.26. The number of nitrogens with zero attached hydrogens (tertiary/aromatic N) is 2. The van der Waals surface area contributed by atoms with Crippen molar-refractivity contribution in [2.24, 2.45) is 10.9 Å². The van der Waals surface area contributed by atoms with Crippen LogP contribution in [0.4, 0.5) is 13.2 Å². The minimum absolute atomic E-state index is 0. The van der Waals surface area contributed by atoms with E-state index in [4.69, 9.17) is 0 Å². The molecule has 13 heteroatoms. The van der Waals surface area contributed by atoms with Crippen LogP contribution in [0.15, 0.2) is 4.99 Å². The van der Waals surface area contributed by atoms with Crippen LogP contribution >= 0.6 is 24.0 Å². The van der Waals surface area contributed by atoms with Gasteiger partial charge >= 0.3 is 15.5 Å². The largest absolute Gasteiger partial charge is 0.511 e. The van der Waals surface area contributed by atoms with E-state index in [0.29, 0.717) is 42.7 Å². The topological polar surface area (TPSA) is 103 Å². The number of hydrogen-bond donors (Lipinski definition) is 3. The highest BCUT2D eigenvalue weighted by Crippen LogP contribution is 2.30. The Hall–Kier alpha value is -0.830. The zero-order valence-electron chi connectivity index (χ0n) is 16.9. The fraction of sp³-hybridized carbons (Fsp3) is 0.875. The first-order chi connectivity index (χ1) is 13.0. The molecule has 0 saturated carbocycles. The van der Waals surface area contributed by atoms with Gasteiger partial charge in [0.2, 0.25) is 5.91 Å². The predicted molar refractivity (Wildman–Crippen MR) is 117 cm³/mol. The second-order valence-corrected chi connectivity index (χ2v) is 8.84. The Kier molecular flexibility index (Phi) is 12.4. The van der Waals surface area contributed by atoms with Gasteiger partial charge < -0.3 is 16.0 Å². The second-order valence-electron chi connectivity index (χ2n) is 6.91. The Bertz CT molecular complexity index is 636. The summed E-state index contributed by atoms with van der Waals surface area (Å²) in [6.07, 6.45) is 0.917. The fourth-order valence-corrected chi connectivity index (χ4v) is 3.71. The highest BCUT2D eigenvalue weighted by Gasteiger charge is 2.50. The highest BCUT2D eigenvalue weighted by atomic mass is 127. The van der Waals surface area contributed by atoms with Crippen LogP contribution in [0.1, 0.15) is 40.0 Å². The van der Waals surface area contributed by atoms with Crippen LogP contribution in [0.5, 0.6) is 0 Å². The molecule has 0 aromatic carbocycles. The number of piperidine rings is 1. The number of alkyl halides is 3. The third-order valence-corrected chi connectivity index (χ3v) is 5.78. The van der Waals surface area contributed by atoms with Gasteiger partial charge in [-0.1, -0.05) is 0 Å². The van der Waals surface area contributed by atoms with Gasteiger partial charge in [0.1, 0.15) is 0 Å². The number of hydrogen-bond acceptors (Lipinski definition) is 4. The number of halogens is 4. The van der Waals surface area contributed by atoms with E-state index in [1.54, 1.807) is 0 Å². The third-order valence-electron chi connectivity index (χ3n) is 4.15. The Labute approximate surface area is 187 Å². The first-order valence-corrected chi connectivity index (χ1v) is 10.8. The van der Waals surface area contributed by atoms with E-state index >= 15 is 0 Å². The van der Waals surface area contributed by atoms with E-state index in [2.05, 4.69) is 20.9 Å². The second kappa shape index (κ2) is 12.8. The van der Waals surface area contributed by atoms with Crippen LogP contribution in [-0.4, -0.2) is 68.9 Å². The summed E-state index contributed by atoms with van der Waals surface area (Å²) in [5, 5.41) is 8.87. The maximum absolute atomic E-state index is 12.6. The Balaban J connectivity index is 0.00000784. The molecule has 29 heavy (non-hydrogen) atoms. The number of carbonyl (C=O) groups excluding carboxylic acids is 1. The predicted octanol–water partition coefficient (Wildman–Crippen LogP) is 1.64. The molecule has 1 rings (SSSR count). The summed E-state index contributed by atoms with van der Waals surface area (Å²) in [6, 6.07) is 0.0708. The van der Waals surface area contributed by atoms with Crippen LogP contribution in [-0.2, 0) is 14.8 Å². The van der Waals surface area contributed by atoms with Gasteiger partial charge in [0, 0.05) is 45.2 Å². The molecule has 0 radical (unpaired) electrons. The molecule has 1 heterocycles. The zero-order valence-corrected chi connectivity index (χ0v) is 20.0. The Morgan fingerprint density at radius 2 is 1.79 bits per heavy atom. The van der Waals surface area contributed by atoms with Crippen molar-refractivity contribution < 1.29 is 26.4 Å². The number of sulfonamides is 1. The molecule has 1 aliphatic heterocycles. The lowest BCUT2D eigenvalue weighted by Crippen LogP contribution is -2.45. The van der Waals surface area contributed by atoms with Crippen LogP contribution in [0, 0.1) is 5.92 Å². The van der Waals surface area contributed by atoms with E-state index in [1.807, 2.05) is 20.8 Å². The molecule has 0 bridgehead atoms. The van der Waals surface area contributed by atoms with E-state index < -0.39 is 15.5 Å². The van der Waals surface area contributed by atoms with E-state index in [0.717, 1.165) is 0 Å². The summed E-state index contributed by atoms with van der Waals surface area (Å²) in [7, 11) is -5.26. The van der Waals surface area contributed by atoms with Gasteiger partial charge in [-0.2, -0.15) is 17.5 Å². The number of nitrogens with one attached hydrogen (secondary N) is 3. The van der Waals surface area contributed by atoms with Crippen LogP contribution in [0.3, 0.4) is 0 Å². The molecule has 3 N–H and O–H groups in total. The molecule has 0 spiro atoms. The molecule has 0 aromatic heterocycles. The Morgan fingerprint density at radius 1 is 1.21 bits per heavy atom. The molecule has 8 nitrogen and oxygen atoms in total. The lowest BCUT2D eigenvalue weighted by atomic mass is 9.98. The van der Waals surface area contributed by atoms with Crippen molar-refractivity contribution in [2.45, 2.75) is 51.6 Å². The van der Waals surface area contributed by atoms with Gasteiger partial charge in [-0.25, -0.2) is 8.42 Å². The van der Waals surface area contributed by atoms with Crippen molar-refractivity contribution in [1.82, 2.24) is 20.3 Å². The van der Waals surface area contributed by atoms with Crippen molar-refractivity contribution in [2.75, 3.05) is 32.7 Å². The SMILES string of the molecule is CCNC(=NCC1CCN(S(=O)(=O)C(F)(F)F)CC1)NCCC(=O)NC(C)C.I. The van der Waals surface area contributed by atoms with Crippen LogP contribution < -0.4 is 16.0 Å². The summed E-state index contributed by atoms with van der Waals surface area (Å²) >= 11 is 0. The molecule has 0 unspecified atom stereocenters. The first-order valence-electron chi connectivity index (χ1n) is 9.35. The van der Waals surface area contributed by atoms with Crippen LogP contribution in [0.25, 0.3) is 0 Å². The van der Waals surface area contributed by atoms with Gasteiger partial charge in [0.25, 0.3) is 0 Å². The summed E-state index contributed by atoms with van der Waals surface area (Å²) in [5.74, 6) is 0.446.